The van der Waals surface area contributed by atoms with Gasteiger partial charge in [0.05, 0.1) is 12.6 Å². The average molecular weight is 400 g/mol. The highest BCUT2D eigenvalue weighted by Gasteiger charge is 2.21. The Bertz CT molecular complexity index is 883. The Balaban J connectivity index is 1.50. The molecular formula is C21H22ClN3O3. The van der Waals surface area contributed by atoms with Gasteiger partial charge in [-0.1, -0.05) is 23.7 Å². The monoisotopic (exact) mass is 399 g/mol. The molecule has 2 N–H and O–H groups in total. The van der Waals surface area contributed by atoms with Gasteiger partial charge in [-0.15, -0.1) is 0 Å². The second-order valence-electron chi connectivity index (χ2n) is 6.72. The second-order valence-corrected chi connectivity index (χ2v) is 7.16. The summed E-state index contributed by atoms with van der Waals surface area (Å²) in [6.45, 7) is 2.43. The zero-order valence-electron chi connectivity index (χ0n) is 15.6. The molecule has 0 aromatic heterocycles. The topological polar surface area (TPSA) is 78.5 Å². The quantitative estimate of drug-likeness (QED) is 0.783. The molecule has 1 fully saturated rings. The molecule has 146 valence electrons. The molecule has 1 atom stereocenters. The maximum Gasteiger partial charge on any atom is 0.251 e. The average Bonchev–Trinajstić information content (AvgIpc) is 3.12. The molecular weight excluding hydrogens is 378 g/mol. The maximum atomic E-state index is 12.3. The van der Waals surface area contributed by atoms with Gasteiger partial charge in [-0.25, -0.2) is 0 Å². The molecule has 7 heteroatoms. The van der Waals surface area contributed by atoms with Crippen LogP contribution in [0.1, 0.15) is 41.7 Å². The molecule has 6 nitrogen and oxygen atoms in total. The molecule has 0 radical (unpaired) electrons. The number of hydrogen-bond donors (Lipinski definition) is 2. The number of hydrogen-bond acceptors (Lipinski definition) is 3. The van der Waals surface area contributed by atoms with Crippen LogP contribution in [0, 0.1) is 0 Å². The van der Waals surface area contributed by atoms with Gasteiger partial charge in [0.25, 0.3) is 5.91 Å². The number of carbonyl (C=O) groups is 3. The van der Waals surface area contributed by atoms with Gasteiger partial charge in [0, 0.05) is 29.2 Å². The number of rotatable bonds is 6. The second kappa shape index (κ2) is 8.89. The van der Waals surface area contributed by atoms with E-state index in [1.165, 1.54) is 0 Å². The highest BCUT2D eigenvalue weighted by atomic mass is 35.5. The van der Waals surface area contributed by atoms with E-state index in [9.17, 15) is 14.4 Å². The minimum Gasteiger partial charge on any atom is -0.348 e. The molecule has 2 aromatic rings. The summed E-state index contributed by atoms with van der Waals surface area (Å²) in [5, 5.41) is 6.03. The van der Waals surface area contributed by atoms with E-state index in [-0.39, 0.29) is 30.3 Å². The van der Waals surface area contributed by atoms with Crippen molar-refractivity contribution in [2.24, 2.45) is 0 Å². The molecule has 1 heterocycles. The zero-order valence-corrected chi connectivity index (χ0v) is 16.3. The fourth-order valence-electron chi connectivity index (χ4n) is 3.13. The van der Waals surface area contributed by atoms with Crippen LogP contribution in [0.2, 0.25) is 5.02 Å². The van der Waals surface area contributed by atoms with Crippen molar-refractivity contribution >= 4 is 35.0 Å². The predicted molar refractivity (Wildman–Crippen MR) is 108 cm³/mol. The first-order valence-corrected chi connectivity index (χ1v) is 9.55. The largest absolute Gasteiger partial charge is 0.348 e. The first-order valence-electron chi connectivity index (χ1n) is 9.17. The van der Waals surface area contributed by atoms with Crippen LogP contribution in [0.3, 0.4) is 0 Å². The van der Waals surface area contributed by atoms with Gasteiger partial charge in [0.1, 0.15) is 0 Å². The molecule has 28 heavy (non-hydrogen) atoms. The third-order valence-electron chi connectivity index (χ3n) is 4.65. The summed E-state index contributed by atoms with van der Waals surface area (Å²) in [6.07, 6.45) is 1.41. The third-order valence-corrected chi connectivity index (χ3v) is 4.89. The van der Waals surface area contributed by atoms with Gasteiger partial charge in [-0.2, -0.15) is 0 Å². The summed E-state index contributed by atoms with van der Waals surface area (Å²) in [6, 6.07) is 13.8. The maximum absolute atomic E-state index is 12.3. The van der Waals surface area contributed by atoms with Gasteiger partial charge < -0.3 is 15.5 Å². The highest BCUT2D eigenvalue weighted by molar-refractivity contribution is 6.30. The number of anilines is 1. The van der Waals surface area contributed by atoms with Crippen molar-refractivity contribution in [1.29, 1.82) is 0 Å². The molecule has 2 aromatic carbocycles. The summed E-state index contributed by atoms with van der Waals surface area (Å²) in [5.41, 5.74) is 2.11. The van der Waals surface area contributed by atoms with Crippen LogP contribution in [0.25, 0.3) is 0 Å². The predicted octanol–water partition coefficient (Wildman–Crippen LogP) is 3.07. The van der Waals surface area contributed by atoms with Gasteiger partial charge in [-0.3, -0.25) is 14.4 Å². The van der Waals surface area contributed by atoms with Gasteiger partial charge in [0.2, 0.25) is 11.8 Å². The molecule has 0 spiro atoms. The number of benzene rings is 2. The fourth-order valence-corrected chi connectivity index (χ4v) is 3.33. The molecule has 0 bridgehead atoms. The van der Waals surface area contributed by atoms with Gasteiger partial charge in [-0.05, 0) is 55.3 Å². The lowest BCUT2D eigenvalue weighted by Crippen LogP contribution is -2.38. The van der Waals surface area contributed by atoms with Crippen molar-refractivity contribution in [3.8, 4) is 0 Å². The van der Waals surface area contributed by atoms with Crippen molar-refractivity contribution in [1.82, 2.24) is 10.6 Å². The normalized spacial score (nSPS) is 14.6. The minimum atomic E-state index is -0.343. The SMILES string of the molecule is C[C@@H](NC(=O)CNC(=O)c1ccc(N2CCCC2=O)cc1)c1cccc(Cl)c1. The number of nitrogens with one attached hydrogen (secondary N) is 2. The van der Waals surface area contributed by atoms with Crippen LogP contribution in [-0.2, 0) is 9.59 Å². The van der Waals surface area contributed by atoms with E-state index in [4.69, 9.17) is 11.6 Å². The Hall–Kier alpha value is -2.86. The molecule has 1 saturated heterocycles. The molecule has 3 rings (SSSR count). The van der Waals surface area contributed by atoms with Crippen molar-refractivity contribution in [2.45, 2.75) is 25.8 Å². The van der Waals surface area contributed by atoms with Crippen LogP contribution in [0.15, 0.2) is 48.5 Å². The van der Waals surface area contributed by atoms with Gasteiger partial charge in [0.15, 0.2) is 0 Å². The Kier molecular flexibility index (Phi) is 6.31. The minimum absolute atomic E-state index is 0.0997. The van der Waals surface area contributed by atoms with E-state index in [1.54, 1.807) is 41.3 Å². The molecule has 3 amide bonds. The number of carbonyl (C=O) groups excluding carboxylic acids is 3. The summed E-state index contributed by atoms with van der Waals surface area (Å²) in [5.74, 6) is -0.535. The lowest BCUT2D eigenvalue weighted by Gasteiger charge is -2.16. The van der Waals surface area contributed by atoms with Gasteiger partial charge >= 0.3 is 0 Å². The van der Waals surface area contributed by atoms with Crippen molar-refractivity contribution in [2.75, 3.05) is 18.0 Å². The Morgan fingerprint density at radius 2 is 1.93 bits per heavy atom. The van der Waals surface area contributed by atoms with Crippen LogP contribution in [-0.4, -0.2) is 30.8 Å². The summed E-state index contributed by atoms with van der Waals surface area (Å²) < 4.78 is 0. The first-order chi connectivity index (χ1) is 13.4. The Morgan fingerprint density at radius 3 is 2.57 bits per heavy atom. The van der Waals surface area contributed by atoms with E-state index in [2.05, 4.69) is 10.6 Å². The van der Waals surface area contributed by atoms with E-state index in [0.717, 1.165) is 17.7 Å². The zero-order chi connectivity index (χ0) is 20.1. The molecule has 0 unspecified atom stereocenters. The molecule has 1 aliphatic rings. The van der Waals surface area contributed by atoms with Crippen molar-refractivity contribution in [3.05, 3.63) is 64.7 Å². The third kappa shape index (κ3) is 4.89. The molecule has 0 aliphatic carbocycles. The van der Waals surface area contributed by atoms with Crippen molar-refractivity contribution < 1.29 is 14.4 Å². The first kappa shape index (κ1) is 19.9. The van der Waals surface area contributed by atoms with Crippen LogP contribution in [0.4, 0.5) is 5.69 Å². The van der Waals surface area contributed by atoms with Crippen LogP contribution in [0.5, 0.6) is 0 Å². The molecule has 0 saturated carbocycles. The lowest BCUT2D eigenvalue weighted by molar-refractivity contribution is -0.120. The van der Waals surface area contributed by atoms with E-state index >= 15 is 0 Å². The highest BCUT2D eigenvalue weighted by Crippen LogP contribution is 2.21. The Morgan fingerprint density at radius 1 is 1.18 bits per heavy atom. The lowest BCUT2D eigenvalue weighted by atomic mass is 10.1. The summed E-state index contributed by atoms with van der Waals surface area (Å²) in [4.78, 5) is 37.9. The Labute approximate surface area is 168 Å². The summed E-state index contributed by atoms with van der Waals surface area (Å²) >= 11 is 5.97. The number of nitrogens with zero attached hydrogens (tertiary/aromatic N) is 1. The van der Waals surface area contributed by atoms with Crippen LogP contribution < -0.4 is 15.5 Å². The number of halogens is 1. The number of amides is 3. The fraction of sp³-hybridized carbons (Fsp3) is 0.286. The van der Waals surface area contributed by atoms with E-state index in [1.807, 2.05) is 19.1 Å². The summed E-state index contributed by atoms with van der Waals surface area (Å²) in [7, 11) is 0. The van der Waals surface area contributed by atoms with Crippen molar-refractivity contribution in [3.63, 3.8) is 0 Å². The molecule has 1 aliphatic heterocycles. The van der Waals surface area contributed by atoms with Crippen LogP contribution >= 0.6 is 11.6 Å². The smallest absolute Gasteiger partial charge is 0.251 e. The standard InChI is InChI=1S/C21H22ClN3O3/c1-14(16-4-2-5-17(22)12-16)24-19(26)13-23-21(28)15-7-9-18(10-8-15)25-11-3-6-20(25)27/h2,4-5,7-10,12,14H,3,6,11,13H2,1H3,(H,23,28)(H,24,26)/t14-/m1/s1. The van der Waals surface area contributed by atoms with E-state index < -0.39 is 0 Å². The van der Waals surface area contributed by atoms with E-state index in [0.29, 0.717) is 23.6 Å².